The number of benzene rings is 1. The summed E-state index contributed by atoms with van der Waals surface area (Å²) in [5.74, 6) is 0. The average molecular weight is 260 g/mol. The van der Waals surface area contributed by atoms with E-state index in [1.54, 1.807) is 0 Å². The molecule has 19 heavy (non-hydrogen) atoms. The molecule has 0 amide bonds. The molecule has 2 rings (SSSR count). The van der Waals surface area contributed by atoms with Crippen molar-refractivity contribution >= 4 is 5.69 Å². The summed E-state index contributed by atoms with van der Waals surface area (Å²) in [4.78, 5) is 2.43. The van der Waals surface area contributed by atoms with Gasteiger partial charge in [-0.15, -0.1) is 0 Å². The first-order chi connectivity index (χ1) is 9.06. The fourth-order valence-electron chi connectivity index (χ4n) is 3.10. The standard InChI is InChI=1S/C17H28N2/c1-13-9-14(2)11-17(10-13)19(4)15(3)12-16-7-5-6-8-18-16/h9-11,15-16,18H,5-8,12H2,1-4H3. The molecule has 106 valence electrons. The Morgan fingerprint density at radius 3 is 2.47 bits per heavy atom. The van der Waals surface area contributed by atoms with Crippen molar-refractivity contribution in [2.75, 3.05) is 18.5 Å². The summed E-state index contributed by atoms with van der Waals surface area (Å²) in [5, 5.41) is 3.65. The minimum absolute atomic E-state index is 0.580. The Balaban J connectivity index is 1.99. The van der Waals surface area contributed by atoms with Crippen LogP contribution in [0.15, 0.2) is 18.2 Å². The Labute approximate surface area is 118 Å². The maximum Gasteiger partial charge on any atom is 0.0371 e. The lowest BCUT2D eigenvalue weighted by Crippen LogP contribution is -2.40. The van der Waals surface area contributed by atoms with Crippen LogP contribution in [0.4, 0.5) is 5.69 Å². The van der Waals surface area contributed by atoms with Gasteiger partial charge >= 0.3 is 0 Å². The molecule has 0 aliphatic carbocycles. The number of anilines is 1. The predicted molar refractivity (Wildman–Crippen MR) is 84.0 cm³/mol. The first-order valence-corrected chi connectivity index (χ1v) is 7.61. The van der Waals surface area contributed by atoms with Gasteiger partial charge in [-0.25, -0.2) is 0 Å². The molecule has 0 saturated carbocycles. The molecule has 1 N–H and O–H groups in total. The second-order valence-corrected chi connectivity index (χ2v) is 6.19. The van der Waals surface area contributed by atoms with Gasteiger partial charge in [0, 0.05) is 24.8 Å². The molecule has 2 unspecified atom stereocenters. The summed E-state index contributed by atoms with van der Waals surface area (Å²) in [6.07, 6.45) is 5.31. The highest BCUT2D eigenvalue weighted by atomic mass is 15.1. The maximum absolute atomic E-state index is 3.65. The molecule has 0 aromatic heterocycles. The Morgan fingerprint density at radius 2 is 1.89 bits per heavy atom. The first kappa shape index (κ1) is 14.4. The van der Waals surface area contributed by atoms with E-state index in [-0.39, 0.29) is 0 Å². The Morgan fingerprint density at radius 1 is 1.21 bits per heavy atom. The van der Waals surface area contributed by atoms with Gasteiger partial charge < -0.3 is 10.2 Å². The van der Waals surface area contributed by atoms with Crippen LogP contribution >= 0.6 is 0 Å². The van der Waals surface area contributed by atoms with Crippen LogP contribution in [0.25, 0.3) is 0 Å². The summed E-state index contributed by atoms with van der Waals surface area (Å²) in [5.41, 5.74) is 4.05. The minimum Gasteiger partial charge on any atom is -0.372 e. The molecule has 0 bridgehead atoms. The predicted octanol–water partition coefficient (Wildman–Crippen LogP) is 3.66. The summed E-state index contributed by atoms with van der Waals surface area (Å²) in [7, 11) is 2.22. The molecule has 2 nitrogen and oxygen atoms in total. The lowest BCUT2D eigenvalue weighted by molar-refractivity contribution is 0.362. The summed E-state index contributed by atoms with van der Waals surface area (Å²) < 4.78 is 0. The van der Waals surface area contributed by atoms with Crippen molar-refractivity contribution < 1.29 is 0 Å². The monoisotopic (exact) mass is 260 g/mol. The third-order valence-corrected chi connectivity index (χ3v) is 4.31. The van der Waals surface area contributed by atoms with E-state index < -0.39 is 0 Å². The van der Waals surface area contributed by atoms with Crippen molar-refractivity contribution in [2.45, 2.75) is 58.5 Å². The van der Waals surface area contributed by atoms with Gasteiger partial charge in [-0.3, -0.25) is 0 Å². The highest BCUT2D eigenvalue weighted by molar-refractivity contribution is 5.51. The Kier molecular flexibility index (Phi) is 4.87. The lowest BCUT2D eigenvalue weighted by Gasteiger charge is -2.32. The number of hydrogen-bond donors (Lipinski definition) is 1. The SMILES string of the molecule is Cc1cc(C)cc(N(C)C(C)CC2CCCCN2)c1. The molecule has 0 radical (unpaired) electrons. The van der Waals surface area contributed by atoms with Crippen molar-refractivity contribution in [1.29, 1.82) is 0 Å². The van der Waals surface area contributed by atoms with E-state index in [1.807, 2.05) is 0 Å². The molecule has 1 heterocycles. The molecule has 2 heteroatoms. The van der Waals surface area contributed by atoms with Gasteiger partial charge in [-0.05, 0) is 69.8 Å². The molecule has 1 fully saturated rings. The molecular weight excluding hydrogens is 232 g/mol. The Hall–Kier alpha value is -1.02. The topological polar surface area (TPSA) is 15.3 Å². The van der Waals surface area contributed by atoms with E-state index >= 15 is 0 Å². The van der Waals surface area contributed by atoms with Crippen molar-refractivity contribution in [3.8, 4) is 0 Å². The second kappa shape index (κ2) is 6.42. The zero-order chi connectivity index (χ0) is 13.8. The lowest BCUT2D eigenvalue weighted by atomic mass is 9.98. The van der Waals surface area contributed by atoms with E-state index in [2.05, 4.69) is 56.2 Å². The van der Waals surface area contributed by atoms with Gasteiger partial charge in [0.2, 0.25) is 0 Å². The number of aryl methyl sites for hydroxylation is 2. The van der Waals surface area contributed by atoms with Crippen LogP contribution in [0.5, 0.6) is 0 Å². The van der Waals surface area contributed by atoms with Crippen LogP contribution in [0, 0.1) is 13.8 Å². The van der Waals surface area contributed by atoms with Crippen molar-refractivity contribution in [3.05, 3.63) is 29.3 Å². The summed E-state index contributed by atoms with van der Waals surface area (Å²) >= 11 is 0. The second-order valence-electron chi connectivity index (χ2n) is 6.19. The highest BCUT2D eigenvalue weighted by Gasteiger charge is 2.18. The average Bonchev–Trinajstić information content (AvgIpc) is 2.37. The largest absolute Gasteiger partial charge is 0.372 e. The normalized spacial score (nSPS) is 21.2. The quantitative estimate of drug-likeness (QED) is 0.889. The molecule has 1 aliphatic heterocycles. The maximum atomic E-state index is 3.65. The first-order valence-electron chi connectivity index (χ1n) is 7.61. The van der Waals surface area contributed by atoms with Crippen molar-refractivity contribution in [2.24, 2.45) is 0 Å². The number of piperidine rings is 1. The number of nitrogens with one attached hydrogen (secondary N) is 1. The zero-order valence-electron chi connectivity index (χ0n) is 12.9. The van der Waals surface area contributed by atoms with E-state index in [0.717, 1.165) is 0 Å². The summed E-state index contributed by atoms with van der Waals surface area (Å²) in [6.45, 7) is 7.90. The molecule has 2 atom stereocenters. The molecule has 0 spiro atoms. The summed E-state index contributed by atoms with van der Waals surface area (Å²) in [6, 6.07) is 8.11. The van der Waals surface area contributed by atoms with Crippen molar-refractivity contribution in [3.63, 3.8) is 0 Å². The fourth-order valence-corrected chi connectivity index (χ4v) is 3.10. The van der Waals surface area contributed by atoms with Crippen LogP contribution in [0.1, 0.15) is 43.7 Å². The van der Waals surface area contributed by atoms with Gasteiger partial charge in [0.05, 0.1) is 0 Å². The Bertz CT molecular complexity index is 387. The van der Waals surface area contributed by atoms with Gasteiger partial charge in [0.15, 0.2) is 0 Å². The zero-order valence-corrected chi connectivity index (χ0v) is 12.9. The van der Waals surface area contributed by atoms with Gasteiger partial charge in [0.1, 0.15) is 0 Å². The van der Waals surface area contributed by atoms with Gasteiger partial charge in [-0.2, -0.15) is 0 Å². The van der Waals surface area contributed by atoms with E-state index in [9.17, 15) is 0 Å². The minimum atomic E-state index is 0.580. The molecule has 1 saturated heterocycles. The fraction of sp³-hybridized carbons (Fsp3) is 0.647. The van der Waals surface area contributed by atoms with Crippen LogP contribution in [-0.4, -0.2) is 25.7 Å². The van der Waals surface area contributed by atoms with Crippen molar-refractivity contribution in [1.82, 2.24) is 5.32 Å². The molecule has 1 aromatic carbocycles. The molecular formula is C17H28N2. The van der Waals surface area contributed by atoms with E-state index in [0.29, 0.717) is 12.1 Å². The number of nitrogens with zero attached hydrogens (tertiary/aromatic N) is 1. The molecule has 1 aliphatic rings. The van der Waals surface area contributed by atoms with Crippen LogP contribution in [0.2, 0.25) is 0 Å². The van der Waals surface area contributed by atoms with E-state index in [1.165, 1.54) is 49.0 Å². The van der Waals surface area contributed by atoms with Crippen LogP contribution in [0.3, 0.4) is 0 Å². The number of rotatable bonds is 4. The number of hydrogen-bond acceptors (Lipinski definition) is 2. The van der Waals surface area contributed by atoms with Crippen LogP contribution in [-0.2, 0) is 0 Å². The third kappa shape index (κ3) is 3.97. The third-order valence-electron chi connectivity index (χ3n) is 4.31. The smallest absolute Gasteiger partial charge is 0.0371 e. The van der Waals surface area contributed by atoms with E-state index in [4.69, 9.17) is 0 Å². The van der Waals surface area contributed by atoms with Gasteiger partial charge in [-0.1, -0.05) is 12.5 Å². The van der Waals surface area contributed by atoms with Gasteiger partial charge in [0.25, 0.3) is 0 Å². The highest BCUT2D eigenvalue weighted by Crippen LogP contribution is 2.22. The molecule has 1 aromatic rings. The van der Waals surface area contributed by atoms with Crippen LogP contribution < -0.4 is 10.2 Å².